The largest absolute Gasteiger partial charge is 0.378 e. The predicted octanol–water partition coefficient (Wildman–Crippen LogP) is 1.23. The molecular weight excluding hydrogens is 296 g/mol. The summed E-state index contributed by atoms with van der Waals surface area (Å²) in [5, 5.41) is 2.77. The van der Waals surface area contributed by atoms with Crippen molar-refractivity contribution in [3.8, 4) is 0 Å². The van der Waals surface area contributed by atoms with Crippen LogP contribution in [0.4, 0.5) is 11.6 Å². The number of benzene rings is 1. The number of amides is 1. The van der Waals surface area contributed by atoms with Gasteiger partial charge in [-0.1, -0.05) is 17.7 Å². The van der Waals surface area contributed by atoms with Crippen LogP contribution in [-0.2, 0) is 22.7 Å². The lowest BCUT2D eigenvalue weighted by molar-refractivity contribution is -0.116. The van der Waals surface area contributed by atoms with Crippen molar-refractivity contribution < 1.29 is 9.53 Å². The fraction of sp³-hybridized carbons (Fsp3) is 0.312. The minimum Gasteiger partial charge on any atom is -0.378 e. The molecule has 0 spiro atoms. The second kappa shape index (κ2) is 7.06. The van der Waals surface area contributed by atoms with Crippen LogP contribution >= 0.6 is 0 Å². The fourth-order valence-electron chi connectivity index (χ4n) is 2.24. The zero-order valence-electron chi connectivity index (χ0n) is 13.4. The number of aromatic nitrogens is 2. The van der Waals surface area contributed by atoms with Gasteiger partial charge in [0.2, 0.25) is 11.9 Å². The summed E-state index contributed by atoms with van der Waals surface area (Å²) in [4.78, 5) is 28.2. The average Bonchev–Trinajstić information content (AvgIpc) is 2.46. The number of hydrogen-bond acceptors (Lipinski definition) is 5. The van der Waals surface area contributed by atoms with Crippen molar-refractivity contribution in [1.29, 1.82) is 0 Å². The molecule has 0 saturated carbocycles. The lowest BCUT2D eigenvalue weighted by atomic mass is 10.1. The first-order valence-electron chi connectivity index (χ1n) is 7.13. The van der Waals surface area contributed by atoms with E-state index in [1.54, 1.807) is 0 Å². The molecule has 0 saturated heterocycles. The number of carbonyl (C=O) groups excluding carboxylic acids is 1. The van der Waals surface area contributed by atoms with Crippen LogP contribution in [0, 0.1) is 13.8 Å². The van der Waals surface area contributed by atoms with Gasteiger partial charge < -0.3 is 15.8 Å². The molecule has 1 aromatic heterocycles. The summed E-state index contributed by atoms with van der Waals surface area (Å²) >= 11 is 0. The maximum atomic E-state index is 12.2. The van der Waals surface area contributed by atoms with Gasteiger partial charge in [0.1, 0.15) is 6.54 Å². The summed E-state index contributed by atoms with van der Waals surface area (Å²) in [6.45, 7) is 3.88. The van der Waals surface area contributed by atoms with Crippen molar-refractivity contribution in [2.24, 2.45) is 0 Å². The molecule has 0 aliphatic carbocycles. The molecule has 23 heavy (non-hydrogen) atoms. The second-order valence-corrected chi connectivity index (χ2v) is 5.33. The van der Waals surface area contributed by atoms with E-state index in [1.807, 2.05) is 32.0 Å². The molecule has 0 unspecified atom stereocenters. The summed E-state index contributed by atoms with van der Waals surface area (Å²) in [6, 6.07) is 7.01. The number of methoxy groups -OCH3 is 1. The maximum absolute atomic E-state index is 12.2. The van der Waals surface area contributed by atoms with E-state index in [0.29, 0.717) is 11.4 Å². The van der Waals surface area contributed by atoms with Gasteiger partial charge in [0, 0.05) is 18.9 Å². The molecule has 7 nitrogen and oxygen atoms in total. The molecule has 2 aromatic rings. The van der Waals surface area contributed by atoms with E-state index in [1.165, 1.54) is 13.2 Å². The van der Waals surface area contributed by atoms with Gasteiger partial charge in [-0.2, -0.15) is 0 Å². The molecule has 0 fully saturated rings. The van der Waals surface area contributed by atoms with E-state index < -0.39 is 0 Å². The third-order valence-electron chi connectivity index (χ3n) is 3.34. The Kier molecular flexibility index (Phi) is 5.13. The quantitative estimate of drug-likeness (QED) is 0.864. The smallest absolute Gasteiger partial charge is 0.255 e. The van der Waals surface area contributed by atoms with Gasteiger partial charge >= 0.3 is 0 Å². The SMILES string of the molecule is COCc1cc(=O)n(CC(=O)Nc2ccc(C)cc2C)c(N)n1. The highest BCUT2D eigenvalue weighted by atomic mass is 16.5. The van der Waals surface area contributed by atoms with Crippen molar-refractivity contribution in [1.82, 2.24) is 9.55 Å². The summed E-state index contributed by atoms with van der Waals surface area (Å²) < 4.78 is 6.04. The Morgan fingerprint density at radius 3 is 2.70 bits per heavy atom. The number of nitrogens with zero attached hydrogens (tertiary/aromatic N) is 2. The number of hydrogen-bond donors (Lipinski definition) is 2. The highest BCUT2D eigenvalue weighted by Crippen LogP contribution is 2.16. The van der Waals surface area contributed by atoms with E-state index in [2.05, 4.69) is 10.3 Å². The lowest BCUT2D eigenvalue weighted by Crippen LogP contribution is -2.30. The first-order valence-corrected chi connectivity index (χ1v) is 7.13. The number of ether oxygens (including phenoxy) is 1. The number of nitrogen functional groups attached to an aromatic ring is 1. The van der Waals surface area contributed by atoms with Crippen LogP contribution in [0.3, 0.4) is 0 Å². The Morgan fingerprint density at radius 2 is 2.09 bits per heavy atom. The van der Waals surface area contributed by atoms with Gasteiger partial charge in [0.25, 0.3) is 5.56 Å². The summed E-state index contributed by atoms with van der Waals surface area (Å²) in [5.41, 5.74) is 8.57. The molecule has 0 aliphatic heterocycles. The highest BCUT2D eigenvalue weighted by Gasteiger charge is 2.11. The maximum Gasteiger partial charge on any atom is 0.255 e. The molecule has 1 heterocycles. The Hall–Kier alpha value is -2.67. The van der Waals surface area contributed by atoms with Gasteiger partial charge in [0.15, 0.2) is 0 Å². The third kappa shape index (κ3) is 4.17. The minimum absolute atomic E-state index is 0.0136. The van der Waals surface area contributed by atoms with E-state index in [0.717, 1.165) is 15.7 Å². The van der Waals surface area contributed by atoms with E-state index in [-0.39, 0.29) is 30.6 Å². The fourth-order valence-corrected chi connectivity index (χ4v) is 2.24. The summed E-state index contributed by atoms with van der Waals surface area (Å²) in [6.07, 6.45) is 0. The van der Waals surface area contributed by atoms with Crippen LogP contribution in [0.25, 0.3) is 0 Å². The lowest BCUT2D eigenvalue weighted by Gasteiger charge is -2.12. The minimum atomic E-state index is -0.389. The van der Waals surface area contributed by atoms with Crippen LogP contribution < -0.4 is 16.6 Å². The normalized spacial score (nSPS) is 10.6. The summed E-state index contributed by atoms with van der Waals surface area (Å²) in [7, 11) is 1.50. The number of nitrogens with one attached hydrogen (secondary N) is 1. The Bertz CT molecular complexity index is 783. The van der Waals surface area contributed by atoms with Crippen molar-refractivity contribution in [2.75, 3.05) is 18.2 Å². The van der Waals surface area contributed by atoms with Crippen molar-refractivity contribution >= 4 is 17.5 Å². The van der Waals surface area contributed by atoms with Crippen LogP contribution in [0.2, 0.25) is 0 Å². The average molecular weight is 316 g/mol. The molecule has 0 atom stereocenters. The second-order valence-electron chi connectivity index (χ2n) is 5.33. The molecule has 0 radical (unpaired) electrons. The number of nitrogens with two attached hydrogens (primary N) is 1. The first-order chi connectivity index (χ1) is 10.9. The van der Waals surface area contributed by atoms with Crippen LogP contribution in [0.1, 0.15) is 16.8 Å². The zero-order valence-corrected chi connectivity index (χ0v) is 13.4. The van der Waals surface area contributed by atoms with Gasteiger partial charge in [0.05, 0.1) is 12.3 Å². The van der Waals surface area contributed by atoms with E-state index in [4.69, 9.17) is 10.5 Å². The van der Waals surface area contributed by atoms with Crippen LogP contribution in [-0.4, -0.2) is 22.6 Å². The van der Waals surface area contributed by atoms with Gasteiger partial charge in [-0.15, -0.1) is 0 Å². The van der Waals surface area contributed by atoms with Gasteiger partial charge in [-0.3, -0.25) is 14.2 Å². The molecular formula is C16H20N4O3. The highest BCUT2D eigenvalue weighted by molar-refractivity contribution is 5.91. The molecule has 0 bridgehead atoms. The molecule has 0 aliphatic rings. The molecule has 1 amide bonds. The molecule has 2 rings (SSSR count). The zero-order chi connectivity index (χ0) is 17.0. The van der Waals surface area contributed by atoms with Crippen LogP contribution in [0.5, 0.6) is 0 Å². The summed E-state index contributed by atoms with van der Waals surface area (Å²) in [5.74, 6) is -0.354. The number of carbonyl (C=O) groups is 1. The van der Waals surface area contributed by atoms with E-state index in [9.17, 15) is 9.59 Å². The third-order valence-corrected chi connectivity index (χ3v) is 3.34. The number of anilines is 2. The van der Waals surface area contributed by atoms with Gasteiger partial charge in [-0.25, -0.2) is 4.98 Å². The molecule has 122 valence electrons. The van der Waals surface area contributed by atoms with E-state index >= 15 is 0 Å². The standard InChI is InChI=1S/C16H20N4O3/c1-10-4-5-13(11(2)6-10)19-14(21)8-20-15(22)7-12(9-23-3)18-16(20)17/h4-7H,8-9H2,1-3H3,(H2,17,18)(H,19,21). The molecule has 7 heteroatoms. The van der Waals surface area contributed by atoms with Crippen molar-refractivity contribution in [3.63, 3.8) is 0 Å². The van der Waals surface area contributed by atoms with Crippen LogP contribution in [0.15, 0.2) is 29.1 Å². The first kappa shape index (κ1) is 16.7. The number of aryl methyl sites for hydroxylation is 2. The Morgan fingerprint density at radius 1 is 1.35 bits per heavy atom. The van der Waals surface area contributed by atoms with Crippen molar-refractivity contribution in [2.45, 2.75) is 27.0 Å². The monoisotopic (exact) mass is 316 g/mol. The topological polar surface area (TPSA) is 99.2 Å². The Balaban J connectivity index is 2.15. The molecule has 1 aromatic carbocycles. The van der Waals surface area contributed by atoms with Gasteiger partial charge in [-0.05, 0) is 25.5 Å². The predicted molar refractivity (Wildman–Crippen MR) is 88.2 cm³/mol. The molecule has 3 N–H and O–H groups in total. The number of rotatable bonds is 5. The van der Waals surface area contributed by atoms with Crippen molar-refractivity contribution in [3.05, 3.63) is 51.4 Å². The Labute approximate surface area is 134 Å².